The smallest absolute Gasteiger partial charge is 0.270 e. The van der Waals surface area contributed by atoms with Gasteiger partial charge in [0, 0.05) is 54.6 Å². The summed E-state index contributed by atoms with van der Waals surface area (Å²) < 4.78 is 3.14. The number of carbonyl (C=O) groups excluding carboxylic acids is 1. The molecule has 1 aliphatic rings. The van der Waals surface area contributed by atoms with Gasteiger partial charge in [0.1, 0.15) is 12.2 Å². The van der Waals surface area contributed by atoms with E-state index in [9.17, 15) is 9.59 Å². The molecular formula is C22H28N6O2. The van der Waals surface area contributed by atoms with Crippen molar-refractivity contribution in [1.82, 2.24) is 19.2 Å². The van der Waals surface area contributed by atoms with Gasteiger partial charge in [-0.3, -0.25) is 9.59 Å². The van der Waals surface area contributed by atoms with E-state index in [0.717, 1.165) is 43.0 Å². The summed E-state index contributed by atoms with van der Waals surface area (Å²) >= 11 is 0. The Hall–Kier alpha value is -3.16. The quantitative estimate of drug-likeness (QED) is 0.718. The van der Waals surface area contributed by atoms with Crippen LogP contribution in [0, 0.1) is 19.3 Å². The summed E-state index contributed by atoms with van der Waals surface area (Å²) in [5, 5.41) is 7.42. The van der Waals surface area contributed by atoms with Gasteiger partial charge in [-0.15, -0.1) is 0 Å². The van der Waals surface area contributed by atoms with E-state index in [-0.39, 0.29) is 18.0 Å². The van der Waals surface area contributed by atoms with Crippen molar-refractivity contribution in [2.24, 2.45) is 5.41 Å². The number of carbonyl (C=O) groups is 1. The molecule has 0 aromatic carbocycles. The SMILES string of the molecule is Cc1c(N2CCC(C)(C)CC2)nn(CC(=O)Nc2ccn3ccnc3c2)c(=O)c1C. The van der Waals surface area contributed by atoms with Crippen LogP contribution in [0.3, 0.4) is 0 Å². The van der Waals surface area contributed by atoms with Gasteiger partial charge < -0.3 is 14.6 Å². The molecule has 1 N–H and O–H groups in total. The minimum atomic E-state index is -0.297. The molecule has 1 saturated heterocycles. The van der Waals surface area contributed by atoms with Crippen LogP contribution in [0.1, 0.15) is 37.8 Å². The van der Waals surface area contributed by atoms with Crippen molar-refractivity contribution < 1.29 is 4.79 Å². The number of nitrogens with zero attached hydrogens (tertiary/aromatic N) is 5. The van der Waals surface area contributed by atoms with Gasteiger partial charge in [0.2, 0.25) is 5.91 Å². The lowest BCUT2D eigenvalue weighted by Gasteiger charge is -2.38. The summed E-state index contributed by atoms with van der Waals surface area (Å²) in [5.41, 5.74) is 2.99. The van der Waals surface area contributed by atoms with Crippen LogP contribution in [0.2, 0.25) is 0 Å². The Kier molecular flexibility index (Phi) is 5.09. The third-order valence-corrected chi connectivity index (χ3v) is 6.06. The van der Waals surface area contributed by atoms with Crippen molar-refractivity contribution in [3.05, 3.63) is 52.2 Å². The fourth-order valence-corrected chi connectivity index (χ4v) is 3.81. The molecule has 1 aliphatic heterocycles. The maximum absolute atomic E-state index is 12.7. The Bertz CT molecular complexity index is 1150. The van der Waals surface area contributed by atoms with Gasteiger partial charge in [-0.25, -0.2) is 9.67 Å². The van der Waals surface area contributed by atoms with Gasteiger partial charge in [0.15, 0.2) is 5.82 Å². The molecule has 3 aromatic rings. The molecule has 1 amide bonds. The van der Waals surface area contributed by atoms with E-state index in [0.29, 0.717) is 16.7 Å². The van der Waals surface area contributed by atoms with Crippen LogP contribution in [-0.4, -0.2) is 38.2 Å². The van der Waals surface area contributed by atoms with Gasteiger partial charge in [-0.2, -0.15) is 5.10 Å². The molecule has 4 heterocycles. The van der Waals surface area contributed by atoms with Gasteiger partial charge >= 0.3 is 0 Å². The number of anilines is 2. The predicted octanol–water partition coefficient (Wildman–Crippen LogP) is 2.77. The minimum Gasteiger partial charge on any atom is -0.355 e. The second kappa shape index (κ2) is 7.59. The average molecular weight is 409 g/mol. The first kappa shape index (κ1) is 20.1. The van der Waals surface area contributed by atoms with Crippen LogP contribution in [-0.2, 0) is 11.3 Å². The molecule has 0 saturated carbocycles. The van der Waals surface area contributed by atoms with Crippen LogP contribution in [0.4, 0.5) is 11.5 Å². The summed E-state index contributed by atoms with van der Waals surface area (Å²) in [7, 11) is 0. The van der Waals surface area contributed by atoms with E-state index in [1.54, 1.807) is 25.3 Å². The van der Waals surface area contributed by atoms with Crippen molar-refractivity contribution in [3.8, 4) is 0 Å². The van der Waals surface area contributed by atoms with Crippen molar-refractivity contribution in [3.63, 3.8) is 0 Å². The molecule has 30 heavy (non-hydrogen) atoms. The highest BCUT2D eigenvalue weighted by Crippen LogP contribution is 2.32. The van der Waals surface area contributed by atoms with Crippen LogP contribution in [0.25, 0.3) is 5.65 Å². The summed E-state index contributed by atoms with van der Waals surface area (Å²) in [6, 6.07) is 3.58. The Morgan fingerprint density at radius 2 is 1.90 bits per heavy atom. The Morgan fingerprint density at radius 3 is 2.63 bits per heavy atom. The zero-order valence-corrected chi connectivity index (χ0v) is 18.0. The van der Waals surface area contributed by atoms with Crippen LogP contribution < -0.4 is 15.8 Å². The van der Waals surface area contributed by atoms with E-state index >= 15 is 0 Å². The Morgan fingerprint density at radius 1 is 1.17 bits per heavy atom. The molecule has 8 heteroatoms. The highest BCUT2D eigenvalue weighted by atomic mass is 16.2. The highest BCUT2D eigenvalue weighted by Gasteiger charge is 2.28. The zero-order valence-electron chi connectivity index (χ0n) is 18.0. The zero-order chi connectivity index (χ0) is 21.5. The summed E-state index contributed by atoms with van der Waals surface area (Å²) in [4.78, 5) is 31.8. The number of hydrogen-bond acceptors (Lipinski definition) is 5. The van der Waals surface area contributed by atoms with Crippen molar-refractivity contribution in [1.29, 1.82) is 0 Å². The van der Waals surface area contributed by atoms with Gasteiger partial charge in [0.25, 0.3) is 5.56 Å². The van der Waals surface area contributed by atoms with Gasteiger partial charge in [-0.05, 0) is 38.2 Å². The van der Waals surface area contributed by atoms with Crippen molar-refractivity contribution in [2.45, 2.75) is 47.1 Å². The molecule has 0 spiro atoms. The van der Waals surface area contributed by atoms with E-state index in [1.165, 1.54) is 4.68 Å². The van der Waals surface area contributed by atoms with E-state index < -0.39 is 0 Å². The number of hydrogen-bond donors (Lipinski definition) is 1. The van der Waals surface area contributed by atoms with Crippen molar-refractivity contribution in [2.75, 3.05) is 23.3 Å². The van der Waals surface area contributed by atoms with E-state index in [1.807, 2.05) is 23.7 Å². The molecule has 0 unspecified atom stereocenters. The molecule has 4 rings (SSSR count). The average Bonchev–Trinajstić information content (AvgIpc) is 3.16. The lowest BCUT2D eigenvalue weighted by Crippen LogP contribution is -2.40. The number of imidazole rings is 1. The normalized spacial score (nSPS) is 16.1. The van der Waals surface area contributed by atoms with E-state index in [2.05, 4.69) is 34.1 Å². The molecule has 0 bridgehead atoms. The van der Waals surface area contributed by atoms with Crippen LogP contribution >= 0.6 is 0 Å². The number of fused-ring (bicyclic) bond motifs is 1. The first-order chi connectivity index (χ1) is 14.2. The number of piperidine rings is 1. The minimum absolute atomic E-state index is 0.133. The number of aromatic nitrogens is 4. The molecule has 8 nitrogen and oxygen atoms in total. The van der Waals surface area contributed by atoms with Crippen molar-refractivity contribution >= 4 is 23.1 Å². The van der Waals surface area contributed by atoms with Crippen LogP contribution in [0.5, 0.6) is 0 Å². The Labute approximate surface area is 175 Å². The fourth-order valence-electron chi connectivity index (χ4n) is 3.81. The summed E-state index contributed by atoms with van der Waals surface area (Å²) in [6.07, 6.45) is 7.51. The Balaban J connectivity index is 1.55. The lowest BCUT2D eigenvalue weighted by molar-refractivity contribution is -0.117. The second-order valence-corrected chi connectivity index (χ2v) is 8.84. The molecule has 158 valence electrons. The fraction of sp³-hybridized carbons (Fsp3) is 0.455. The maximum atomic E-state index is 12.7. The third kappa shape index (κ3) is 3.94. The molecule has 0 atom stereocenters. The molecule has 0 radical (unpaired) electrons. The number of rotatable bonds is 4. The standard InChI is InChI=1S/C22H28N6O2/c1-15-16(2)21(30)28(25-20(15)27-10-6-22(3,4)7-11-27)14-19(29)24-17-5-9-26-12-8-23-18(26)13-17/h5,8-9,12-13H,6-7,10-11,14H2,1-4H3,(H,24,29). The number of pyridine rings is 1. The predicted molar refractivity (Wildman–Crippen MR) is 117 cm³/mol. The van der Waals surface area contributed by atoms with Gasteiger partial charge in [0.05, 0.1) is 0 Å². The number of amides is 1. The third-order valence-electron chi connectivity index (χ3n) is 6.06. The monoisotopic (exact) mass is 408 g/mol. The lowest BCUT2D eigenvalue weighted by atomic mass is 9.82. The summed E-state index contributed by atoms with van der Waals surface area (Å²) in [5.74, 6) is 0.503. The largest absolute Gasteiger partial charge is 0.355 e. The topological polar surface area (TPSA) is 84.5 Å². The molecule has 1 fully saturated rings. The highest BCUT2D eigenvalue weighted by molar-refractivity contribution is 5.91. The number of nitrogens with one attached hydrogen (secondary N) is 1. The summed E-state index contributed by atoms with van der Waals surface area (Å²) in [6.45, 7) is 9.96. The first-order valence-corrected chi connectivity index (χ1v) is 10.3. The van der Waals surface area contributed by atoms with Gasteiger partial charge in [-0.1, -0.05) is 13.8 Å². The molecule has 3 aromatic heterocycles. The van der Waals surface area contributed by atoms with E-state index in [4.69, 9.17) is 0 Å². The maximum Gasteiger partial charge on any atom is 0.270 e. The molecule has 0 aliphatic carbocycles. The second-order valence-electron chi connectivity index (χ2n) is 8.84. The van der Waals surface area contributed by atoms with Crippen LogP contribution in [0.15, 0.2) is 35.5 Å². The molecular weight excluding hydrogens is 380 g/mol. The first-order valence-electron chi connectivity index (χ1n) is 10.3.